The molecule has 62 valence electrons. The zero-order valence-electron chi connectivity index (χ0n) is 6.59. The second-order valence-electron chi connectivity index (χ2n) is 1.99. The van der Waals surface area contributed by atoms with Crippen molar-refractivity contribution in [3.8, 4) is 6.07 Å². The number of unbranched alkanes of at least 4 members (excludes halogenated alkanes) is 1. The van der Waals surface area contributed by atoms with Gasteiger partial charge in [-0.2, -0.15) is 17.0 Å². The molecule has 4 heteroatoms. The van der Waals surface area contributed by atoms with Crippen molar-refractivity contribution in [1.29, 1.82) is 5.26 Å². The van der Waals surface area contributed by atoms with Crippen molar-refractivity contribution >= 4 is 17.7 Å². The lowest BCUT2D eigenvalue weighted by molar-refractivity contribution is -0.118. The molecule has 0 unspecified atom stereocenters. The van der Waals surface area contributed by atoms with Gasteiger partial charge >= 0.3 is 0 Å². The van der Waals surface area contributed by atoms with E-state index in [4.69, 9.17) is 5.26 Å². The summed E-state index contributed by atoms with van der Waals surface area (Å²) in [6.07, 6.45) is 1.46. The van der Waals surface area contributed by atoms with Crippen LogP contribution in [-0.2, 0) is 4.79 Å². The quantitative estimate of drug-likeness (QED) is 0.623. The molecule has 0 aliphatic heterocycles. The Bertz CT molecular complexity index is 153. The van der Waals surface area contributed by atoms with Crippen LogP contribution in [0.2, 0.25) is 0 Å². The number of hydrogen-bond acceptors (Lipinski definition) is 3. The molecule has 1 amide bonds. The summed E-state index contributed by atoms with van der Waals surface area (Å²) in [5, 5.41) is 10.7. The Morgan fingerprint density at radius 1 is 1.73 bits per heavy atom. The van der Waals surface area contributed by atoms with Gasteiger partial charge in [-0.3, -0.25) is 4.79 Å². The van der Waals surface area contributed by atoms with E-state index in [1.807, 2.05) is 0 Å². The maximum absolute atomic E-state index is 10.6. The maximum atomic E-state index is 10.6. The molecule has 0 spiro atoms. The molecule has 0 heterocycles. The first-order chi connectivity index (χ1) is 5.31. The molecule has 0 aliphatic rings. The molecular formula is C7H12N2OS. The zero-order valence-corrected chi connectivity index (χ0v) is 7.41. The fourth-order valence-electron chi connectivity index (χ4n) is 0.490. The Balaban J connectivity index is 3.03. The third-order valence-electron chi connectivity index (χ3n) is 1.09. The Morgan fingerprint density at radius 3 is 3.00 bits per heavy atom. The van der Waals surface area contributed by atoms with E-state index >= 15 is 0 Å². The number of hydrogen-bond donors (Lipinski definition) is 1. The summed E-state index contributed by atoms with van der Waals surface area (Å²) in [5.41, 5.74) is 0. The Hall–Kier alpha value is -0.690. The van der Waals surface area contributed by atoms with Crippen LogP contribution in [0.5, 0.6) is 0 Å². The first-order valence-electron chi connectivity index (χ1n) is 3.46. The van der Waals surface area contributed by atoms with E-state index in [1.54, 1.807) is 18.8 Å². The van der Waals surface area contributed by atoms with Crippen molar-refractivity contribution in [2.45, 2.75) is 12.8 Å². The van der Waals surface area contributed by atoms with Gasteiger partial charge in [-0.1, -0.05) is 0 Å². The van der Waals surface area contributed by atoms with Crippen LogP contribution in [-0.4, -0.2) is 24.5 Å². The van der Waals surface area contributed by atoms with Gasteiger partial charge in [0.25, 0.3) is 0 Å². The van der Waals surface area contributed by atoms with Crippen LogP contribution in [0.1, 0.15) is 12.8 Å². The number of nitrogens with one attached hydrogen (secondary N) is 1. The lowest BCUT2D eigenvalue weighted by atomic mass is 10.4. The van der Waals surface area contributed by atoms with Crippen molar-refractivity contribution in [3.05, 3.63) is 0 Å². The molecule has 11 heavy (non-hydrogen) atoms. The molecule has 0 atom stereocenters. The van der Waals surface area contributed by atoms with E-state index in [0.29, 0.717) is 12.2 Å². The number of carbonyl (C=O) groups is 1. The number of nitriles is 1. The van der Waals surface area contributed by atoms with Crippen LogP contribution >= 0.6 is 11.8 Å². The van der Waals surface area contributed by atoms with Crippen molar-refractivity contribution in [3.63, 3.8) is 0 Å². The molecule has 0 bridgehead atoms. The molecule has 0 saturated carbocycles. The van der Waals surface area contributed by atoms with Crippen LogP contribution < -0.4 is 5.32 Å². The second-order valence-corrected chi connectivity index (χ2v) is 3.09. The third kappa shape index (κ3) is 7.20. The van der Waals surface area contributed by atoms with Crippen LogP contribution in [0.4, 0.5) is 0 Å². The molecule has 3 nitrogen and oxygen atoms in total. The molecular weight excluding hydrogens is 160 g/mol. The molecule has 0 aromatic rings. The van der Waals surface area contributed by atoms with Gasteiger partial charge in [-0.05, 0) is 12.2 Å². The highest BCUT2D eigenvalue weighted by molar-refractivity contribution is 7.99. The largest absolute Gasteiger partial charge is 0.358 e. The summed E-state index contributed by atoms with van der Waals surface area (Å²) in [5.74, 6) is 1.44. The highest BCUT2D eigenvalue weighted by Gasteiger charge is 1.96. The van der Waals surface area contributed by atoms with Gasteiger partial charge in [0.15, 0.2) is 0 Å². The van der Waals surface area contributed by atoms with Crippen molar-refractivity contribution < 1.29 is 4.79 Å². The molecule has 0 aromatic heterocycles. The minimum absolute atomic E-state index is 0.0481. The molecule has 0 saturated heterocycles. The molecule has 0 aliphatic carbocycles. The average Bonchev–Trinajstić information content (AvgIpc) is 2.04. The van der Waals surface area contributed by atoms with Crippen LogP contribution in [0, 0.1) is 11.3 Å². The predicted molar refractivity (Wildman–Crippen MR) is 46.2 cm³/mol. The highest BCUT2D eigenvalue weighted by atomic mass is 32.2. The molecule has 0 rings (SSSR count). The van der Waals surface area contributed by atoms with Crippen molar-refractivity contribution in [2.75, 3.05) is 18.6 Å². The van der Waals surface area contributed by atoms with Gasteiger partial charge in [0.05, 0.1) is 11.8 Å². The van der Waals surface area contributed by atoms with E-state index in [2.05, 4.69) is 11.4 Å². The predicted octanol–water partition coefficient (Wildman–Crippen LogP) is 0.769. The SMILES string of the molecule is CNC(=O)CSCCCC#N. The number of rotatable bonds is 5. The second kappa shape index (κ2) is 7.42. The number of amides is 1. The Labute approximate surface area is 71.2 Å². The fourth-order valence-corrected chi connectivity index (χ4v) is 1.31. The lowest BCUT2D eigenvalue weighted by Gasteiger charge is -1.97. The minimum atomic E-state index is 0.0481. The van der Waals surface area contributed by atoms with Crippen molar-refractivity contribution in [1.82, 2.24) is 5.32 Å². The summed E-state index contributed by atoms with van der Waals surface area (Å²) >= 11 is 1.56. The summed E-state index contributed by atoms with van der Waals surface area (Å²) < 4.78 is 0. The minimum Gasteiger partial charge on any atom is -0.358 e. The average molecular weight is 172 g/mol. The maximum Gasteiger partial charge on any atom is 0.229 e. The first-order valence-corrected chi connectivity index (χ1v) is 4.62. The first kappa shape index (κ1) is 10.3. The van der Waals surface area contributed by atoms with Crippen LogP contribution in [0.25, 0.3) is 0 Å². The summed E-state index contributed by atoms with van der Waals surface area (Å²) in [6, 6.07) is 2.06. The fraction of sp³-hybridized carbons (Fsp3) is 0.714. The normalized spacial score (nSPS) is 8.73. The lowest BCUT2D eigenvalue weighted by Crippen LogP contribution is -2.19. The third-order valence-corrected chi connectivity index (χ3v) is 2.13. The topological polar surface area (TPSA) is 52.9 Å². The smallest absolute Gasteiger partial charge is 0.229 e. The van der Waals surface area contributed by atoms with Gasteiger partial charge in [-0.25, -0.2) is 0 Å². The van der Waals surface area contributed by atoms with Crippen molar-refractivity contribution in [2.24, 2.45) is 0 Å². The van der Waals surface area contributed by atoms with E-state index in [9.17, 15) is 4.79 Å². The van der Waals surface area contributed by atoms with Gasteiger partial charge < -0.3 is 5.32 Å². The van der Waals surface area contributed by atoms with E-state index in [-0.39, 0.29) is 5.91 Å². The summed E-state index contributed by atoms with van der Waals surface area (Å²) in [6.45, 7) is 0. The van der Waals surface area contributed by atoms with E-state index < -0.39 is 0 Å². The highest BCUT2D eigenvalue weighted by Crippen LogP contribution is 2.02. The summed E-state index contributed by atoms with van der Waals surface area (Å²) in [7, 11) is 1.62. The Kier molecular flexibility index (Phi) is 6.95. The van der Waals surface area contributed by atoms with Crippen LogP contribution in [0.3, 0.4) is 0 Å². The van der Waals surface area contributed by atoms with Gasteiger partial charge in [0.1, 0.15) is 0 Å². The number of carbonyl (C=O) groups excluding carboxylic acids is 1. The summed E-state index contributed by atoms with van der Waals surface area (Å²) in [4.78, 5) is 10.6. The standard InChI is InChI=1S/C7H12N2OS/c1-9-7(10)6-11-5-3-2-4-8/h2-3,5-6H2,1H3,(H,9,10). The van der Waals surface area contributed by atoms with Crippen LogP contribution in [0.15, 0.2) is 0 Å². The van der Waals surface area contributed by atoms with Gasteiger partial charge in [-0.15, -0.1) is 0 Å². The molecule has 0 radical (unpaired) electrons. The molecule has 1 N–H and O–H groups in total. The Morgan fingerprint density at radius 2 is 2.45 bits per heavy atom. The number of thioether (sulfide) groups is 1. The van der Waals surface area contributed by atoms with Gasteiger partial charge in [0, 0.05) is 13.5 Å². The molecule has 0 aromatic carbocycles. The van der Waals surface area contributed by atoms with Gasteiger partial charge in [0.2, 0.25) is 5.91 Å². The van der Waals surface area contributed by atoms with E-state index in [0.717, 1.165) is 12.2 Å². The monoisotopic (exact) mass is 172 g/mol. The zero-order chi connectivity index (χ0) is 8.53. The number of nitrogens with zero attached hydrogens (tertiary/aromatic N) is 1. The van der Waals surface area contributed by atoms with E-state index in [1.165, 1.54) is 0 Å². The molecule has 0 fully saturated rings.